The van der Waals surface area contributed by atoms with E-state index in [-0.39, 0.29) is 44.6 Å². The minimum Gasteiger partial charge on any atom is -0.480 e. The summed E-state index contributed by atoms with van der Waals surface area (Å²) in [4.78, 5) is 76.9. The van der Waals surface area contributed by atoms with Crippen molar-refractivity contribution >= 4 is 41.5 Å². The Labute approximate surface area is 230 Å². The lowest BCUT2D eigenvalue weighted by atomic mass is 10.0. The van der Waals surface area contributed by atoms with E-state index in [1.54, 1.807) is 30.3 Å². The Balaban J connectivity index is 2.98. The van der Waals surface area contributed by atoms with Gasteiger partial charge in [0.2, 0.25) is 29.5 Å². The van der Waals surface area contributed by atoms with Crippen LogP contribution in [0.1, 0.15) is 37.7 Å². The Morgan fingerprint density at radius 2 is 1.35 bits per heavy atom. The van der Waals surface area contributed by atoms with Crippen LogP contribution in [0.25, 0.3) is 0 Å². The topological polar surface area (TPSA) is 301 Å². The molecule has 14 N–H and O–H groups in total. The van der Waals surface area contributed by atoms with Gasteiger partial charge >= 0.3 is 5.97 Å². The van der Waals surface area contributed by atoms with Gasteiger partial charge in [-0.3, -0.25) is 29.0 Å². The lowest BCUT2D eigenvalue weighted by molar-refractivity contribution is -0.142. The molecule has 220 valence electrons. The molecular weight excluding hydrogens is 526 g/mol. The number of hydrogen-bond donors (Lipinski definition) is 9. The Morgan fingerprint density at radius 3 is 1.90 bits per heavy atom. The summed E-state index contributed by atoms with van der Waals surface area (Å²) in [6.45, 7) is 0.108. The Morgan fingerprint density at radius 1 is 0.775 bits per heavy atom. The number of carboxylic acid groups (broad SMARTS) is 1. The summed E-state index contributed by atoms with van der Waals surface area (Å²) >= 11 is 0. The molecule has 0 saturated carbocycles. The van der Waals surface area contributed by atoms with Gasteiger partial charge in [0.15, 0.2) is 5.96 Å². The maximum Gasteiger partial charge on any atom is 0.326 e. The quantitative estimate of drug-likeness (QED) is 0.0478. The van der Waals surface area contributed by atoms with Gasteiger partial charge in [-0.2, -0.15) is 0 Å². The normalized spacial score (nSPS) is 13.5. The highest BCUT2D eigenvalue weighted by Crippen LogP contribution is 2.06. The van der Waals surface area contributed by atoms with Gasteiger partial charge in [0.1, 0.15) is 18.1 Å². The van der Waals surface area contributed by atoms with Gasteiger partial charge in [-0.15, -0.1) is 0 Å². The SMILES string of the molecule is NC(=O)CCC(NC(=O)C(N)Cc1ccccc1)C(=O)NC(CC(N)=O)C(=O)NC(CCCN=C(N)N)C(=O)O. The molecule has 0 aliphatic rings. The summed E-state index contributed by atoms with van der Waals surface area (Å²) in [5.74, 6) is -5.94. The van der Waals surface area contributed by atoms with Crippen LogP contribution in [0.3, 0.4) is 0 Å². The largest absolute Gasteiger partial charge is 0.480 e. The standard InChI is InChI=1S/C24H37N9O7/c25-14(11-13-5-2-1-3-6-13)20(36)31-15(8-9-18(26)34)21(37)33-17(12-19(27)35)22(38)32-16(23(39)40)7-4-10-30-24(28)29/h1-3,5-6,14-17H,4,7-12,25H2,(H2,26,34)(H2,27,35)(H,31,36)(H,32,38)(H,33,37)(H,39,40)(H4,28,29,30). The Kier molecular flexibility index (Phi) is 14.1. The zero-order chi connectivity index (χ0) is 30.2. The van der Waals surface area contributed by atoms with Crippen molar-refractivity contribution in [3.8, 4) is 0 Å². The highest BCUT2D eigenvalue weighted by atomic mass is 16.4. The number of aliphatic imine (C=N–C) groups is 1. The maximum atomic E-state index is 13.1. The van der Waals surface area contributed by atoms with E-state index in [1.807, 2.05) is 0 Å². The fraction of sp³-hybridized carbons (Fsp3) is 0.458. The van der Waals surface area contributed by atoms with Crippen molar-refractivity contribution < 1.29 is 33.9 Å². The Bertz CT molecular complexity index is 1080. The van der Waals surface area contributed by atoms with Gasteiger partial charge in [-0.1, -0.05) is 30.3 Å². The van der Waals surface area contributed by atoms with Crippen LogP contribution in [0.15, 0.2) is 35.3 Å². The predicted octanol–water partition coefficient (Wildman–Crippen LogP) is -3.71. The van der Waals surface area contributed by atoms with Crippen molar-refractivity contribution in [3.63, 3.8) is 0 Å². The molecule has 0 fully saturated rings. The molecule has 0 aliphatic heterocycles. The summed E-state index contributed by atoms with van der Waals surface area (Å²) < 4.78 is 0. The predicted molar refractivity (Wildman–Crippen MR) is 144 cm³/mol. The maximum absolute atomic E-state index is 13.1. The highest BCUT2D eigenvalue weighted by molar-refractivity contribution is 5.96. The number of carbonyl (C=O) groups excluding carboxylic acids is 5. The first-order valence-electron chi connectivity index (χ1n) is 12.4. The number of amides is 5. The van der Waals surface area contributed by atoms with Gasteiger partial charge in [-0.05, 0) is 31.2 Å². The molecule has 4 unspecified atom stereocenters. The van der Waals surface area contributed by atoms with Gasteiger partial charge in [-0.25, -0.2) is 4.79 Å². The molecular formula is C24H37N9O7. The molecule has 0 aromatic heterocycles. The van der Waals surface area contributed by atoms with Crippen LogP contribution in [-0.4, -0.2) is 77.3 Å². The monoisotopic (exact) mass is 563 g/mol. The minimum atomic E-state index is -1.59. The van der Waals surface area contributed by atoms with Crippen molar-refractivity contribution in [1.82, 2.24) is 16.0 Å². The van der Waals surface area contributed by atoms with E-state index in [1.165, 1.54) is 0 Å². The molecule has 1 aromatic carbocycles. The van der Waals surface area contributed by atoms with Crippen molar-refractivity contribution in [1.29, 1.82) is 0 Å². The van der Waals surface area contributed by atoms with E-state index < -0.39 is 66.1 Å². The molecule has 0 radical (unpaired) electrons. The van der Waals surface area contributed by atoms with Crippen LogP contribution in [0.4, 0.5) is 0 Å². The van der Waals surface area contributed by atoms with Gasteiger partial charge < -0.3 is 49.7 Å². The van der Waals surface area contributed by atoms with Crippen molar-refractivity contribution in [2.45, 2.75) is 62.7 Å². The molecule has 4 atom stereocenters. The Hall–Kier alpha value is -4.73. The van der Waals surface area contributed by atoms with Crippen LogP contribution < -0.4 is 44.6 Å². The molecule has 16 nitrogen and oxygen atoms in total. The first-order valence-corrected chi connectivity index (χ1v) is 12.4. The third-order valence-corrected chi connectivity index (χ3v) is 5.55. The second-order valence-corrected chi connectivity index (χ2v) is 8.94. The molecule has 5 amide bonds. The van der Waals surface area contributed by atoms with Crippen molar-refractivity contribution in [2.75, 3.05) is 6.54 Å². The molecule has 1 aromatic rings. The molecule has 16 heteroatoms. The second-order valence-electron chi connectivity index (χ2n) is 8.94. The lowest BCUT2D eigenvalue weighted by Crippen LogP contribution is -2.58. The first-order chi connectivity index (χ1) is 18.8. The fourth-order valence-electron chi connectivity index (χ4n) is 3.51. The number of primary amides is 2. The van der Waals surface area contributed by atoms with Crippen LogP contribution in [-0.2, 0) is 35.2 Å². The molecule has 0 spiro atoms. The van der Waals surface area contributed by atoms with Crippen molar-refractivity contribution in [2.24, 2.45) is 33.7 Å². The molecule has 40 heavy (non-hydrogen) atoms. The van der Waals surface area contributed by atoms with Crippen LogP contribution in [0.2, 0.25) is 0 Å². The second kappa shape index (κ2) is 17.0. The van der Waals surface area contributed by atoms with E-state index >= 15 is 0 Å². The van der Waals surface area contributed by atoms with E-state index in [4.69, 9.17) is 28.7 Å². The number of carboxylic acids is 1. The summed E-state index contributed by atoms with van der Waals surface area (Å²) in [5.41, 5.74) is 27.6. The number of carbonyl (C=O) groups is 6. The number of nitrogens with one attached hydrogen (secondary N) is 3. The van der Waals surface area contributed by atoms with E-state index in [2.05, 4.69) is 20.9 Å². The molecule has 1 rings (SSSR count). The number of guanidine groups is 1. The zero-order valence-corrected chi connectivity index (χ0v) is 21.9. The number of benzene rings is 1. The lowest BCUT2D eigenvalue weighted by Gasteiger charge is -2.24. The summed E-state index contributed by atoms with van der Waals surface area (Å²) in [5, 5.41) is 16.4. The zero-order valence-electron chi connectivity index (χ0n) is 21.9. The number of rotatable bonds is 18. The molecule has 0 heterocycles. The molecule has 0 saturated heterocycles. The van der Waals surface area contributed by atoms with Crippen LogP contribution in [0.5, 0.6) is 0 Å². The first kappa shape index (κ1) is 33.3. The van der Waals surface area contributed by atoms with Crippen LogP contribution >= 0.6 is 0 Å². The van der Waals surface area contributed by atoms with E-state index in [0.717, 1.165) is 5.56 Å². The van der Waals surface area contributed by atoms with E-state index in [0.29, 0.717) is 0 Å². The van der Waals surface area contributed by atoms with E-state index in [9.17, 15) is 33.9 Å². The van der Waals surface area contributed by atoms with Crippen LogP contribution in [0, 0.1) is 0 Å². The third kappa shape index (κ3) is 13.2. The number of nitrogens with two attached hydrogens (primary N) is 5. The smallest absolute Gasteiger partial charge is 0.326 e. The number of aliphatic carboxylic acids is 1. The minimum absolute atomic E-state index is 0.0638. The van der Waals surface area contributed by atoms with Gasteiger partial charge in [0.05, 0.1) is 12.5 Å². The number of nitrogens with zero attached hydrogens (tertiary/aromatic N) is 1. The van der Waals surface area contributed by atoms with Crippen molar-refractivity contribution in [3.05, 3.63) is 35.9 Å². The molecule has 0 aliphatic carbocycles. The highest BCUT2D eigenvalue weighted by Gasteiger charge is 2.31. The van der Waals surface area contributed by atoms with Gasteiger partial charge in [0, 0.05) is 13.0 Å². The summed E-state index contributed by atoms with van der Waals surface area (Å²) in [6.07, 6.45) is -0.919. The van der Waals surface area contributed by atoms with Gasteiger partial charge in [0.25, 0.3) is 0 Å². The average Bonchev–Trinajstić information content (AvgIpc) is 2.87. The average molecular weight is 564 g/mol. The summed E-state index contributed by atoms with van der Waals surface area (Å²) in [7, 11) is 0. The molecule has 0 bridgehead atoms. The number of hydrogen-bond acceptors (Lipinski definition) is 8. The third-order valence-electron chi connectivity index (χ3n) is 5.55. The summed E-state index contributed by atoms with van der Waals surface area (Å²) in [6, 6.07) is 3.48. The fourth-order valence-corrected chi connectivity index (χ4v) is 3.51.